The predicted molar refractivity (Wildman–Crippen MR) is 82.5 cm³/mol. The van der Waals surface area contributed by atoms with Crippen molar-refractivity contribution in [3.05, 3.63) is 29.3 Å². The molecule has 0 aliphatic heterocycles. The van der Waals surface area contributed by atoms with Crippen molar-refractivity contribution < 1.29 is 14.6 Å². The molecular formula is C16H22ClNO3. The highest BCUT2D eigenvalue weighted by atomic mass is 35.5. The Kier molecular flexibility index (Phi) is 6.33. The second-order valence-electron chi connectivity index (χ2n) is 5.55. The van der Waals surface area contributed by atoms with Crippen LogP contribution in [-0.2, 0) is 4.79 Å². The number of hydrogen-bond donors (Lipinski definition) is 2. The quantitative estimate of drug-likeness (QED) is 0.849. The molecule has 5 heteroatoms. The van der Waals surface area contributed by atoms with E-state index in [0.717, 1.165) is 25.7 Å². The number of carbonyl (C=O) groups excluding carboxylic acids is 1. The number of aliphatic hydroxyl groups excluding tert-OH is 1. The molecule has 4 nitrogen and oxygen atoms in total. The molecule has 2 unspecified atom stereocenters. The summed E-state index contributed by atoms with van der Waals surface area (Å²) in [5.41, 5.74) is 0. The van der Waals surface area contributed by atoms with Gasteiger partial charge in [-0.2, -0.15) is 0 Å². The Labute approximate surface area is 130 Å². The molecule has 0 aromatic heterocycles. The number of aliphatic hydroxyl groups is 1. The largest absolute Gasteiger partial charge is 0.493 e. The minimum Gasteiger partial charge on any atom is -0.493 e. The maximum Gasteiger partial charge on any atom is 0.223 e. The molecule has 1 aromatic carbocycles. The van der Waals surface area contributed by atoms with Crippen molar-refractivity contribution in [2.24, 2.45) is 5.92 Å². The van der Waals surface area contributed by atoms with Crippen LogP contribution in [0.25, 0.3) is 0 Å². The van der Waals surface area contributed by atoms with Crippen molar-refractivity contribution >= 4 is 17.5 Å². The molecule has 1 saturated carbocycles. The first-order chi connectivity index (χ1) is 10.1. The molecule has 0 heterocycles. The van der Waals surface area contributed by atoms with Gasteiger partial charge in [-0.25, -0.2) is 0 Å². The van der Waals surface area contributed by atoms with Crippen LogP contribution in [0.2, 0.25) is 5.02 Å². The van der Waals surface area contributed by atoms with Crippen LogP contribution in [0, 0.1) is 5.92 Å². The molecule has 2 rings (SSSR count). The normalized spacial score (nSPS) is 21.8. The fraction of sp³-hybridized carbons (Fsp3) is 0.562. The Morgan fingerprint density at radius 3 is 3.05 bits per heavy atom. The number of carbonyl (C=O) groups is 1. The van der Waals surface area contributed by atoms with Crippen molar-refractivity contribution in [2.45, 2.75) is 38.2 Å². The maximum atomic E-state index is 11.7. The summed E-state index contributed by atoms with van der Waals surface area (Å²) in [5, 5.41) is 13.1. The van der Waals surface area contributed by atoms with Gasteiger partial charge in [-0.15, -0.1) is 0 Å². The fourth-order valence-corrected chi connectivity index (χ4v) is 2.79. The van der Waals surface area contributed by atoms with Gasteiger partial charge in [-0.05, 0) is 43.4 Å². The van der Waals surface area contributed by atoms with Crippen LogP contribution < -0.4 is 10.1 Å². The van der Waals surface area contributed by atoms with E-state index in [-0.39, 0.29) is 12.0 Å². The second kappa shape index (κ2) is 8.25. The Morgan fingerprint density at radius 2 is 2.29 bits per heavy atom. The van der Waals surface area contributed by atoms with Crippen molar-refractivity contribution in [3.8, 4) is 5.75 Å². The number of nitrogens with one attached hydrogen (secondary N) is 1. The molecule has 1 aliphatic rings. The van der Waals surface area contributed by atoms with Gasteiger partial charge < -0.3 is 15.2 Å². The zero-order valence-corrected chi connectivity index (χ0v) is 12.8. The molecule has 2 N–H and O–H groups in total. The summed E-state index contributed by atoms with van der Waals surface area (Å²) in [4.78, 5) is 11.7. The lowest BCUT2D eigenvalue weighted by Gasteiger charge is -2.25. The van der Waals surface area contributed by atoms with Crippen molar-refractivity contribution in [1.82, 2.24) is 5.32 Å². The first kappa shape index (κ1) is 16.1. The van der Waals surface area contributed by atoms with Gasteiger partial charge in [0.15, 0.2) is 0 Å². The van der Waals surface area contributed by atoms with Gasteiger partial charge >= 0.3 is 0 Å². The SMILES string of the molecule is O=C(CCOc1cccc(Cl)c1)NCC1CCCC(O)C1. The van der Waals surface area contributed by atoms with Gasteiger partial charge in [0, 0.05) is 11.6 Å². The molecule has 0 radical (unpaired) electrons. The average Bonchev–Trinajstić information content (AvgIpc) is 2.45. The van der Waals surface area contributed by atoms with E-state index in [1.807, 2.05) is 12.1 Å². The van der Waals surface area contributed by atoms with Gasteiger partial charge in [0.25, 0.3) is 0 Å². The second-order valence-corrected chi connectivity index (χ2v) is 5.98. The summed E-state index contributed by atoms with van der Waals surface area (Å²) < 4.78 is 5.48. The average molecular weight is 312 g/mol. The van der Waals surface area contributed by atoms with Gasteiger partial charge in [0.05, 0.1) is 19.1 Å². The van der Waals surface area contributed by atoms with E-state index in [2.05, 4.69) is 5.32 Å². The molecule has 2 atom stereocenters. The number of amides is 1. The number of hydrogen-bond acceptors (Lipinski definition) is 3. The zero-order chi connectivity index (χ0) is 15.1. The molecule has 0 spiro atoms. The van der Waals surface area contributed by atoms with E-state index >= 15 is 0 Å². The van der Waals surface area contributed by atoms with E-state index in [9.17, 15) is 9.90 Å². The molecule has 0 bridgehead atoms. The highest BCUT2D eigenvalue weighted by Crippen LogP contribution is 2.23. The summed E-state index contributed by atoms with van der Waals surface area (Å²) in [5.74, 6) is 1.05. The van der Waals surface area contributed by atoms with Crippen molar-refractivity contribution in [1.29, 1.82) is 0 Å². The first-order valence-corrected chi connectivity index (χ1v) is 7.84. The number of ether oxygens (including phenoxy) is 1. The Balaban J connectivity index is 1.61. The highest BCUT2D eigenvalue weighted by molar-refractivity contribution is 6.30. The van der Waals surface area contributed by atoms with E-state index in [0.29, 0.717) is 36.3 Å². The minimum atomic E-state index is -0.202. The van der Waals surface area contributed by atoms with Crippen LogP contribution in [0.1, 0.15) is 32.1 Å². The monoisotopic (exact) mass is 311 g/mol. The first-order valence-electron chi connectivity index (χ1n) is 7.46. The van der Waals surface area contributed by atoms with Gasteiger partial charge in [-0.3, -0.25) is 4.79 Å². The standard InChI is InChI=1S/C16H22ClNO3/c17-13-4-2-6-15(10-13)21-8-7-16(20)18-11-12-3-1-5-14(19)9-12/h2,4,6,10,12,14,19H,1,3,5,7-9,11H2,(H,18,20). The third kappa shape index (κ3) is 5.94. The summed E-state index contributed by atoms with van der Waals surface area (Å²) in [6.07, 6.45) is 3.92. The maximum absolute atomic E-state index is 11.7. The molecule has 21 heavy (non-hydrogen) atoms. The molecule has 116 valence electrons. The van der Waals surface area contributed by atoms with Crippen LogP contribution in [-0.4, -0.2) is 30.3 Å². The Bertz CT molecular complexity index is 467. The molecule has 1 aromatic rings. The Hall–Kier alpha value is -1.26. The molecule has 1 aliphatic carbocycles. The summed E-state index contributed by atoms with van der Waals surface area (Å²) >= 11 is 5.85. The van der Waals surface area contributed by atoms with Crippen molar-refractivity contribution in [2.75, 3.05) is 13.2 Å². The van der Waals surface area contributed by atoms with Crippen LogP contribution >= 0.6 is 11.6 Å². The number of benzene rings is 1. The lowest BCUT2D eigenvalue weighted by Crippen LogP contribution is -2.33. The van der Waals surface area contributed by atoms with Crippen LogP contribution in [0.5, 0.6) is 5.75 Å². The number of halogens is 1. The van der Waals surface area contributed by atoms with Gasteiger partial charge in [0.2, 0.25) is 5.91 Å². The third-order valence-electron chi connectivity index (χ3n) is 3.74. The molecular weight excluding hydrogens is 290 g/mol. The lowest BCUT2D eigenvalue weighted by atomic mass is 9.87. The number of rotatable bonds is 6. The third-order valence-corrected chi connectivity index (χ3v) is 3.97. The predicted octanol–water partition coefficient (Wildman–Crippen LogP) is 2.78. The smallest absolute Gasteiger partial charge is 0.223 e. The lowest BCUT2D eigenvalue weighted by molar-refractivity contribution is -0.121. The van der Waals surface area contributed by atoms with Crippen LogP contribution in [0.4, 0.5) is 0 Å². The molecule has 1 fully saturated rings. The molecule has 0 saturated heterocycles. The topological polar surface area (TPSA) is 58.6 Å². The minimum absolute atomic E-state index is 0.0166. The van der Waals surface area contributed by atoms with Gasteiger partial charge in [0.1, 0.15) is 5.75 Å². The van der Waals surface area contributed by atoms with Crippen LogP contribution in [0.15, 0.2) is 24.3 Å². The zero-order valence-electron chi connectivity index (χ0n) is 12.1. The van der Waals surface area contributed by atoms with E-state index in [1.54, 1.807) is 12.1 Å². The fourth-order valence-electron chi connectivity index (χ4n) is 2.61. The van der Waals surface area contributed by atoms with Crippen molar-refractivity contribution in [3.63, 3.8) is 0 Å². The van der Waals surface area contributed by atoms with E-state index < -0.39 is 0 Å². The van der Waals surface area contributed by atoms with Crippen LogP contribution in [0.3, 0.4) is 0 Å². The van der Waals surface area contributed by atoms with E-state index in [1.165, 1.54) is 0 Å². The summed E-state index contributed by atoms with van der Waals surface area (Å²) in [6.45, 7) is 0.979. The van der Waals surface area contributed by atoms with E-state index in [4.69, 9.17) is 16.3 Å². The Morgan fingerprint density at radius 1 is 1.43 bits per heavy atom. The molecule has 1 amide bonds. The van der Waals surface area contributed by atoms with Gasteiger partial charge in [-0.1, -0.05) is 24.1 Å². The summed E-state index contributed by atoms with van der Waals surface area (Å²) in [6, 6.07) is 7.13. The summed E-state index contributed by atoms with van der Waals surface area (Å²) in [7, 11) is 0. The highest BCUT2D eigenvalue weighted by Gasteiger charge is 2.20.